The van der Waals surface area contributed by atoms with E-state index in [2.05, 4.69) is 46.9 Å². The van der Waals surface area contributed by atoms with Crippen LogP contribution in [-0.2, 0) is 17.8 Å². The number of urea groups is 1. The number of aryl methyl sites for hydroxylation is 2. The lowest BCUT2D eigenvalue weighted by Crippen LogP contribution is -2.46. The molecular formula is C22H32N4O2. The van der Waals surface area contributed by atoms with Gasteiger partial charge in [0.2, 0.25) is 0 Å². The summed E-state index contributed by atoms with van der Waals surface area (Å²) in [6, 6.07) is 6.53. The van der Waals surface area contributed by atoms with E-state index < -0.39 is 0 Å². The first-order valence-corrected chi connectivity index (χ1v) is 10.2. The van der Waals surface area contributed by atoms with E-state index in [1.165, 1.54) is 16.7 Å². The molecule has 1 atom stereocenters. The molecule has 0 aliphatic carbocycles. The number of aromatic nitrogens is 2. The number of nitrogens with zero attached hydrogens (tertiary/aromatic N) is 3. The Labute approximate surface area is 167 Å². The van der Waals surface area contributed by atoms with Gasteiger partial charge in [0, 0.05) is 38.1 Å². The molecule has 1 saturated heterocycles. The highest BCUT2D eigenvalue weighted by Gasteiger charge is 2.24. The molecule has 0 spiro atoms. The second kappa shape index (κ2) is 9.24. The zero-order valence-corrected chi connectivity index (χ0v) is 17.4. The van der Waals surface area contributed by atoms with Crippen LogP contribution in [0.25, 0.3) is 0 Å². The van der Waals surface area contributed by atoms with Crippen molar-refractivity contribution >= 4 is 6.03 Å². The highest BCUT2D eigenvalue weighted by Crippen LogP contribution is 2.17. The lowest BCUT2D eigenvalue weighted by atomic mass is 10.1. The first-order chi connectivity index (χ1) is 13.4. The van der Waals surface area contributed by atoms with E-state index in [-0.39, 0.29) is 18.2 Å². The van der Waals surface area contributed by atoms with Crippen LogP contribution in [0.4, 0.5) is 4.79 Å². The third-order valence-electron chi connectivity index (χ3n) is 5.13. The average molecular weight is 385 g/mol. The van der Waals surface area contributed by atoms with Crippen LogP contribution in [0.2, 0.25) is 0 Å². The fourth-order valence-corrected chi connectivity index (χ4v) is 3.55. The molecule has 1 aromatic carbocycles. The maximum atomic E-state index is 12.8. The Kier molecular flexibility index (Phi) is 6.73. The van der Waals surface area contributed by atoms with Crippen LogP contribution >= 0.6 is 0 Å². The van der Waals surface area contributed by atoms with Crippen molar-refractivity contribution in [2.24, 2.45) is 0 Å². The predicted octanol–water partition coefficient (Wildman–Crippen LogP) is 3.65. The van der Waals surface area contributed by atoms with Crippen LogP contribution in [0.15, 0.2) is 30.6 Å². The zero-order valence-electron chi connectivity index (χ0n) is 17.4. The number of nitrogens with one attached hydrogen (secondary N) is 1. The highest BCUT2D eigenvalue weighted by atomic mass is 16.5. The molecule has 1 fully saturated rings. The molecule has 1 aromatic heterocycles. The number of benzene rings is 1. The minimum Gasteiger partial charge on any atom is -0.376 e. The molecule has 0 saturated carbocycles. The number of rotatable bonds is 7. The Balaban J connectivity index is 1.76. The summed E-state index contributed by atoms with van der Waals surface area (Å²) < 4.78 is 7.90. The highest BCUT2D eigenvalue weighted by molar-refractivity contribution is 5.74. The summed E-state index contributed by atoms with van der Waals surface area (Å²) in [5.74, 6) is 0.887. The summed E-state index contributed by atoms with van der Waals surface area (Å²) in [5.41, 5.74) is 3.79. The van der Waals surface area contributed by atoms with E-state index in [0.29, 0.717) is 13.1 Å². The van der Waals surface area contributed by atoms with Crippen molar-refractivity contribution in [3.63, 3.8) is 0 Å². The van der Waals surface area contributed by atoms with Gasteiger partial charge in [-0.3, -0.25) is 0 Å². The SMILES string of the molecule is Cc1ccc(C)c(Cn2ccnc2CN(CC2CCCO2)C(=O)NC(C)C)c1. The molecule has 0 radical (unpaired) electrons. The Hall–Kier alpha value is -2.34. The Morgan fingerprint density at radius 1 is 1.39 bits per heavy atom. The van der Waals surface area contributed by atoms with Gasteiger partial charge in [-0.25, -0.2) is 9.78 Å². The average Bonchev–Trinajstić information content (AvgIpc) is 3.29. The van der Waals surface area contributed by atoms with Crippen molar-refractivity contribution < 1.29 is 9.53 Å². The molecule has 2 amide bonds. The Morgan fingerprint density at radius 3 is 2.93 bits per heavy atom. The minimum atomic E-state index is -0.0632. The molecule has 6 nitrogen and oxygen atoms in total. The molecule has 1 N–H and O–H groups in total. The summed E-state index contributed by atoms with van der Waals surface area (Å²) in [7, 11) is 0. The number of imidazole rings is 1. The number of carbonyl (C=O) groups excluding carboxylic acids is 1. The van der Waals surface area contributed by atoms with Crippen LogP contribution in [0.1, 0.15) is 49.2 Å². The molecule has 152 valence electrons. The number of ether oxygens (including phenoxy) is 1. The fraction of sp³-hybridized carbons (Fsp3) is 0.545. The summed E-state index contributed by atoms with van der Waals surface area (Å²) >= 11 is 0. The Morgan fingerprint density at radius 2 is 2.21 bits per heavy atom. The predicted molar refractivity (Wildman–Crippen MR) is 110 cm³/mol. The largest absolute Gasteiger partial charge is 0.376 e. The van der Waals surface area contributed by atoms with E-state index >= 15 is 0 Å². The van der Waals surface area contributed by atoms with Crippen LogP contribution in [0, 0.1) is 13.8 Å². The maximum Gasteiger partial charge on any atom is 0.318 e. The van der Waals surface area contributed by atoms with Crippen molar-refractivity contribution in [3.8, 4) is 0 Å². The van der Waals surface area contributed by atoms with Gasteiger partial charge in [0.15, 0.2) is 0 Å². The zero-order chi connectivity index (χ0) is 20.1. The summed E-state index contributed by atoms with van der Waals surface area (Å²) in [6.45, 7) is 10.8. The topological polar surface area (TPSA) is 59.4 Å². The fourth-order valence-electron chi connectivity index (χ4n) is 3.55. The first-order valence-electron chi connectivity index (χ1n) is 10.2. The van der Waals surface area contributed by atoms with Gasteiger partial charge >= 0.3 is 6.03 Å². The van der Waals surface area contributed by atoms with Crippen molar-refractivity contribution in [3.05, 3.63) is 53.1 Å². The van der Waals surface area contributed by atoms with E-state index in [4.69, 9.17) is 4.74 Å². The van der Waals surface area contributed by atoms with Gasteiger partial charge in [-0.05, 0) is 51.7 Å². The molecule has 1 aliphatic rings. The molecule has 2 aromatic rings. The third kappa shape index (κ3) is 5.35. The Bertz CT molecular complexity index is 794. The molecule has 3 rings (SSSR count). The second-order valence-corrected chi connectivity index (χ2v) is 8.02. The van der Waals surface area contributed by atoms with E-state index in [1.807, 2.05) is 31.1 Å². The number of carbonyl (C=O) groups is 1. The van der Waals surface area contributed by atoms with Gasteiger partial charge in [-0.1, -0.05) is 23.8 Å². The normalized spacial score (nSPS) is 16.5. The molecule has 0 bridgehead atoms. The molecular weight excluding hydrogens is 352 g/mol. The van der Waals surface area contributed by atoms with Gasteiger partial charge in [0.25, 0.3) is 0 Å². The van der Waals surface area contributed by atoms with Crippen molar-refractivity contribution in [2.75, 3.05) is 13.2 Å². The smallest absolute Gasteiger partial charge is 0.318 e. The van der Waals surface area contributed by atoms with Crippen LogP contribution in [-0.4, -0.2) is 45.8 Å². The lowest BCUT2D eigenvalue weighted by Gasteiger charge is -2.27. The van der Waals surface area contributed by atoms with Crippen LogP contribution < -0.4 is 5.32 Å². The summed E-state index contributed by atoms with van der Waals surface area (Å²) in [4.78, 5) is 19.1. The maximum absolute atomic E-state index is 12.8. The molecule has 28 heavy (non-hydrogen) atoms. The van der Waals surface area contributed by atoms with Crippen LogP contribution in [0.3, 0.4) is 0 Å². The quantitative estimate of drug-likeness (QED) is 0.793. The summed E-state index contributed by atoms with van der Waals surface area (Å²) in [6.07, 6.45) is 5.97. The van der Waals surface area contributed by atoms with E-state index in [0.717, 1.165) is 31.8 Å². The van der Waals surface area contributed by atoms with Gasteiger partial charge in [-0.2, -0.15) is 0 Å². The number of hydrogen-bond acceptors (Lipinski definition) is 3. The molecule has 1 aliphatic heterocycles. The minimum absolute atomic E-state index is 0.0632. The van der Waals surface area contributed by atoms with Gasteiger partial charge in [-0.15, -0.1) is 0 Å². The number of hydrogen-bond donors (Lipinski definition) is 1. The summed E-state index contributed by atoms with van der Waals surface area (Å²) in [5, 5.41) is 3.01. The lowest BCUT2D eigenvalue weighted by molar-refractivity contribution is 0.0782. The van der Waals surface area contributed by atoms with Gasteiger partial charge < -0.3 is 19.5 Å². The molecule has 6 heteroatoms. The second-order valence-electron chi connectivity index (χ2n) is 8.02. The van der Waals surface area contributed by atoms with Crippen molar-refractivity contribution in [1.82, 2.24) is 19.8 Å². The van der Waals surface area contributed by atoms with E-state index in [9.17, 15) is 4.79 Å². The van der Waals surface area contributed by atoms with Gasteiger partial charge in [0.05, 0.1) is 12.6 Å². The molecule has 1 unspecified atom stereocenters. The van der Waals surface area contributed by atoms with Crippen molar-refractivity contribution in [1.29, 1.82) is 0 Å². The van der Waals surface area contributed by atoms with Gasteiger partial charge in [0.1, 0.15) is 5.82 Å². The third-order valence-corrected chi connectivity index (χ3v) is 5.13. The monoisotopic (exact) mass is 384 g/mol. The molecule has 2 heterocycles. The van der Waals surface area contributed by atoms with Crippen molar-refractivity contribution in [2.45, 2.75) is 65.8 Å². The van der Waals surface area contributed by atoms with E-state index in [1.54, 1.807) is 0 Å². The standard InChI is InChI=1S/C22H32N4O2/c1-16(2)24-22(27)26(14-20-6-5-11-28-20)15-21-23-9-10-25(21)13-19-12-17(3)7-8-18(19)4/h7-10,12,16,20H,5-6,11,13-15H2,1-4H3,(H,24,27). The number of amides is 2. The van der Waals surface area contributed by atoms with Crippen LogP contribution in [0.5, 0.6) is 0 Å². The first kappa shape index (κ1) is 20.4.